The van der Waals surface area contributed by atoms with E-state index in [0.29, 0.717) is 18.5 Å². The fraction of sp³-hybridized carbons (Fsp3) is 0.720. The van der Waals surface area contributed by atoms with E-state index in [1.54, 1.807) is 13.3 Å². The first-order chi connectivity index (χ1) is 15.2. The summed E-state index contributed by atoms with van der Waals surface area (Å²) in [5.74, 6) is 0.492. The molecular weight excluding hydrogens is 419 g/mol. The Hall–Kier alpha value is -1.38. The zero-order valence-corrected chi connectivity index (χ0v) is 21.9. The molecule has 0 heterocycles. The van der Waals surface area contributed by atoms with Crippen molar-refractivity contribution < 1.29 is 9.84 Å². The van der Waals surface area contributed by atoms with Crippen LogP contribution in [0.5, 0.6) is 0 Å². The Morgan fingerprint density at radius 3 is 2.50 bits per heavy atom. The lowest BCUT2D eigenvalue weighted by Crippen LogP contribution is -2.41. The lowest BCUT2D eigenvalue weighted by molar-refractivity contribution is 0.0267. The van der Waals surface area contributed by atoms with Gasteiger partial charge in [0.2, 0.25) is 0 Å². The van der Waals surface area contributed by atoms with Crippen molar-refractivity contribution in [3.05, 3.63) is 37.3 Å². The molecule has 1 aliphatic carbocycles. The maximum atomic E-state index is 10.2. The summed E-state index contributed by atoms with van der Waals surface area (Å²) < 4.78 is 8.70. The van der Waals surface area contributed by atoms with Crippen LogP contribution in [0.4, 0.5) is 0 Å². The van der Waals surface area contributed by atoms with Gasteiger partial charge in [-0.25, -0.2) is 0 Å². The maximum absolute atomic E-state index is 10.2. The van der Waals surface area contributed by atoms with Gasteiger partial charge < -0.3 is 20.1 Å². The summed E-state index contributed by atoms with van der Waals surface area (Å²) in [6.07, 6.45) is 10.1. The van der Waals surface area contributed by atoms with E-state index in [1.807, 2.05) is 12.3 Å². The number of aliphatic hydroxyl groups excluding tert-OH is 1. The van der Waals surface area contributed by atoms with Gasteiger partial charge in [-0.05, 0) is 85.0 Å². The number of nitrogens with one attached hydrogen (secondary N) is 1. The molecule has 2 N–H and O–H groups in total. The Bertz CT molecular complexity index is 638. The van der Waals surface area contributed by atoms with E-state index >= 15 is 0 Å². The molecule has 32 heavy (non-hydrogen) atoms. The van der Waals surface area contributed by atoms with Crippen molar-refractivity contribution in [2.24, 2.45) is 11.8 Å². The summed E-state index contributed by atoms with van der Waals surface area (Å²) >= 11 is 0. The van der Waals surface area contributed by atoms with E-state index in [-0.39, 0.29) is 30.6 Å². The summed E-state index contributed by atoms with van der Waals surface area (Å²) in [7, 11) is 3.43. The third-order valence-corrected chi connectivity index (χ3v) is 9.54. The van der Waals surface area contributed by atoms with Gasteiger partial charge in [-0.3, -0.25) is 4.67 Å². The smallest absolute Gasteiger partial charge is 0.0809 e. The quantitative estimate of drug-likeness (QED) is 0.211. The molecule has 6 nitrogen and oxygen atoms in total. The topological polar surface area (TPSA) is 71.8 Å². The predicted molar refractivity (Wildman–Crippen MR) is 136 cm³/mol. The standard InChI is InChI=1S/C25H45N4O2P/c1-9-27-21(6)12-14-28(7)24-16-22(17-30)23(25(24)31-8)18-32(15-11-10-13-26)29(19(2)3)20(4)5/h9,12,14,19-20,22-25,27,30H,1,6,10-11,15-18H2,2-5,7-8H3/b14-12-. The Balaban J connectivity index is 3.10. The molecule has 0 spiro atoms. The molecule has 0 amide bonds. The number of rotatable bonds is 15. The van der Waals surface area contributed by atoms with Crippen LogP contribution in [0.3, 0.4) is 0 Å². The maximum Gasteiger partial charge on any atom is 0.0809 e. The number of methoxy groups -OCH3 is 1. The van der Waals surface area contributed by atoms with Crippen LogP contribution in [0.15, 0.2) is 37.3 Å². The molecule has 0 aromatic carbocycles. The molecule has 1 fully saturated rings. The van der Waals surface area contributed by atoms with Crippen LogP contribution in [0.1, 0.15) is 47.0 Å². The van der Waals surface area contributed by atoms with Crippen LogP contribution in [0.2, 0.25) is 0 Å². The number of ether oxygens (including phenoxy) is 1. The Kier molecular flexibility index (Phi) is 13.2. The number of aliphatic hydroxyl groups is 1. The van der Waals surface area contributed by atoms with Gasteiger partial charge in [-0.1, -0.05) is 13.2 Å². The predicted octanol–water partition coefficient (Wildman–Crippen LogP) is 4.51. The van der Waals surface area contributed by atoms with Crippen molar-refractivity contribution >= 4 is 8.07 Å². The molecule has 0 aliphatic heterocycles. The van der Waals surface area contributed by atoms with Crippen LogP contribution >= 0.6 is 8.07 Å². The van der Waals surface area contributed by atoms with Crippen molar-refractivity contribution in [3.8, 4) is 6.07 Å². The fourth-order valence-electron chi connectivity index (χ4n) is 5.00. The van der Waals surface area contributed by atoms with Gasteiger partial charge in [0.25, 0.3) is 0 Å². The second-order valence-corrected chi connectivity index (χ2v) is 11.5. The van der Waals surface area contributed by atoms with E-state index in [0.717, 1.165) is 30.9 Å². The zero-order chi connectivity index (χ0) is 24.3. The molecule has 1 aliphatic rings. The lowest BCUT2D eigenvalue weighted by atomic mass is 9.97. The molecule has 1 rings (SSSR count). The summed E-state index contributed by atoms with van der Waals surface area (Å²) in [5.41, 5.74) is 0.777. The average Bonchev–Trinajstić information content (AvgIpc) is 3.09. The number of hydrogen-bond acceptors (Lipinski definition) is 6. The van der Waals surface area contributed by atoms with E-state index in [1.165, 1.54) is 0 Å². The number of hydrogen-bond donors (Lipinski definition) is 2. The normalized spacial score (nSPS) is 24.3. The Labute approximate surface area is 197 Å². The second-order valence-electron chi connectivity index (χ2n) is 9.21. The van der Waals surface area contributed by atoms with Gasteiger partial charge >= 0.3 is 0 Å². The van der Waals surface area contributed by atoms with Crippen LogP contribution in [-0.4, -0.2) is 72.0 Å². The zero-order valence-electron chi connectivity index (χ0n) is 21.0. The first-order valence-corrected chi connectivity index (χ1v) is 13.4. The van der Waals surface area contributed by atoms with Crippen molar-refractivity contribution in [3.63, 3.8) is 0 Å². The molecule has 0 bridgehead atoms. The third kappa shape index (κ3) is 8.19. The highest BCUT2D eigenvalue weighted by molar-refractivity contribution is 7.55. The number of allylic oxidation sites excluding steroid dienone is 1. The SMILES string of the molecule is C=CNC(=C)/C=C\N(C)C1CC(CO)C(CP(CCCC#N)N(C(C)C)C(C)C)C1OC. The van der Waals surface area contributed by atoms with Gasteiger partial charge in [-0.15, -0.1) is 0 Å². The van der Waals surface area contributed by atoms with Crippen LogP contribution in [0.25, 0.3) is 0 Å². The lowest BCUT2D eigenvalue weighted by Gasteiger charge is -2.41. The molecule has 182 valence electrons. The largest absolute Gasteiger partial charge is 0.396 e. The summed E-state index contributed by atoms with van der Waals surface area (Å²) in [6.45, 7) is 16.8. The van der Waals surface area contributed by atoms with Crippen LogP contribution in [0, 0.1) is 23.2 Å². The molecule has 0 aromatic heterocycles. The minimum Gasteiger partial charge on any atom is -0.396 e. The number of unbranched alkanes of at least 4 members (excludes halogenated alkanes) is 1. The summed E-state index contributed by atoms with van der Waals surface area (Å²) in [4.78, 5) is 2.19. The summed E-state index contributed by atoms with van der Waals surface area (Å²) in [6, 6.07) is 3.39. The molecular formula is C25H45N4O2P. The molecule has 0 saturated heterocycles. The highest BCUT2D eigenvalue weighted by Crippen LogP contribution is 2.50. The Morgan fingerprint density at radius 1 is 1.34 bits per heavy atom. The van der Waals surface area contributed by atoms with Gasteiger partial charge in [0, 0.05) is 51.2 Å². The first-order valence-electron chi connectivity index (χ1n) is 11.7. The van der Waals surface area contributed by atoms with Crippen molar-refractivity contribution in [2.45, 2.75) is 71.2 Å². The average molecular weight is 465 g/mol. The molecule has 7 heteroatoms. The van der Waals surface area contributed by atoms with Gasteiger partial charge in [0.05, 0.1) is 18.2 Å². The number of likely N-dealkylation sites (N-methyl/N-ethyl adjacent to an activating group) is 1. The molecule has 5 unspecified atom stereocenters. The monoisotopic (exact) mass is 464 g/mol. The number of nitrogens with zero attached hydrogens (tertiary/aromatic N) is 3. The summed E-state index contributed by atoms with van der Waals surface area (Å²) in [5, 5.41) is 22.3. The van der Waals surface area contributed by atoms with Crippen molar-refractivity contribution in [1.29, 1.82) is 5.26 Å². The minimum atomic E-state index is -0.432. The van der Waals surface area contributed by atoms with Crippen molar-refractivity contribution in [2.75, 3.05) is 33.1 Å². The minimum absolute atomic E-state index is 0.0459. The molecule has 1 saturated carbocycles. The van der Waals surface area contributed by atoms with E-state index in [2.05, 4.69) is 68.9 Å². The third-order valence-electron chi connectivity index (χ3n) is 6.29. The van der Waals surface area contributed by atoms with Crippen molar-refractivity contribution in [1.82, 2.24) is 14.9 Å². The van der Waals surface area contributed by atoms with Gasteiger partial charge in [0.1, 0.15) is 0 Å². The van der Waals surface area contributed by atoms with Gasteiger partial charge in [-0.2, -0.15) is 5.26 Å². The molecule has 0 aromatic rings. The first kappa shape index (κ1) is 28.7. The number of nitriles is 1. The van der Waals surface area contributed by atoms with Crippen LogP contribution < -0.4 is 5.32 Å². The van der Waals surface area contributed by atoms with E-state index in [9.17, 15) is 5.11 Å². The van der Waals surface area contributed by atoms with E-state index < -0.39 is 8.07 Å². The van der Waals surface area contributed by atoms with Gasteiger partial charge in [0.15, 0.2) is 0 Å². The Morgan fingerprint density at radius 2 is 2.00 bits per heavy atom. The molecule has 5 atom stereocenters. The van der Waals surface area contributed by atoms with E-state index in [4.69, 9.17) is 10.00 Å². The molecule has 0 radical (unpaired) electrons. The highest BCUT2D eigenvalue weighted by atomic mass is 31.1. The highest BCUT2D eigenvalue weighted by Gasteiger charge is 2.46. The fourth-order valence-corrected chi connectivity index (χ4v) is 8.42. The van der Waals surface area contributed by atoms with Crippen LogP contribution in [-0.2, 0) is 4.74 Å². The second kappa shape index (κ2) is 14.7.